The van der Waals surface area contributed by atoms with Gasteiger partial charge in [0.25, 0.3) is 0 Å². The third kappa shape index (κ3) is 8.06. The Morgan fingerprint density at radius 1 is 1.13 bits per heavy atom. The highest BCUT2D eigenvalue weighted by molar-refractivity contribution is 7.99. The van der Waals surface area contributed by atoms with Crippen LogP contribution < -0.4 is 5.32 Å². The second-order valence-corrected chi connectivity index (χ2v) is 9.33. The van der Waals surface area contributed by atoms with Crippen molar-refractivity contribution in [3.05, 3.63) is 69.2 Å². The van der Waals surface area contributed by atoms with Crippen LogP contribution in [-0.2, 0) is 21.9 Å². The van der Waals surface area contributed by atoms with E-state index in [0.29, 0.717) is 28.9 Å². The number of nitrogens with one attached hydrogen (secondary N) is 1. The van der Waals surface area contributed by atoms with Crippen LogP contribution in [0.5, 0.6) is 0 Å². The molecule has 0 aliphatic carbocycles. The van der Waals surface area contributed by atoms with Gasteiger partial charge in [-0.1, -0.05) is 66.9 Å². The van der Waals surface area contributed by atoms with Crippen molar-refractivity contribution in [3.8, 4) is 0 Å². The molecule has 0 unspecified atom stereocenters. The maximum absolute atomic E-state index is 13.1. The normalized spacial score (nSPS) is 11.8. The summed E-state index contributed by atoms with van der Waals surface area (Å²) in [6, 6.07) is 12.7. The van der Waals surface area contributed by atoms with Crippen molar-refractivity contribution in [3.63, 3.8) is 0 Å². The van der Waals surface area contributed by atoms with Crippen molar-refractivity contribution >= 4 is 46.8 Å². The monoisotopic (exact) mass is 480 g/mol. The topological polar surface area (TPSA) is 49.4 Å². The predicted molar refractivity (Wildman–Crippen MR) is 132 cm³/mol. The zero-order chi connectivity index (χ0) is 22.8. The second kappa shape index (κ2) is 13.0. The summed E-state index contributed by atoms with van der Waals surface area (Å²) in [4.78, 5) is 27.5. The minimum absolute atomic E-state index is 0.0727. The number of nitrogens with zero attached hydrogens (tertiary/aromatic N) is 1. The number of hydrogen-bond donors (Lipinski definition) is 1. The van der Waals surface area contributed by atoms with E-state index in [-0.39, 0.29) is 17.6 Å². The Kier molecular flexibility index (Phi) is 10.7. The molecule has 0 aromatic heterocycles. The third-order valence-electron chi connectivity index (χ3n) is 5.10. The van der Waals surface area contributed by atoms with Crippen molar-refractivity contribution in [2.45, 2.75) is 52.0 Å². The summed E-state index contributed by atoms with van der Waals surface area (Å²) < 4.78 is 0. The summed E-state index contributed by atoms with van der Waals surface area (Å²) in [5.41, 5.74) is 3.06. The Morgan fingerprint density at radius 3 is 2.55 bits per heavy atom. The highest BCUT2D eigenvalue weighted by Gasteiger charge is 2.26. The van der Waals surface area contributed by atoms with Crippen LogP contribution in [0.4, 0.5) is 0 Å². The molecule has 0 bridgehead atoms. The van der Waals surface area contributed by atoms with E-state index < -0.39 is 6.04 Å². The summed E-state index contributed by atoms with van der Waals surface area (Å²) in [5.74, 6) is 0.659. The summed E-state index contributed by atoms with van der Waals surface area (Å²) >= 11 is 13.7. The molecule has 2 aromatic carbocycles. The molecule has 0 saturated heterocycles. The van der Waals surface area contributed by atoms with E-state index in [1.165, 1.54) is 11.8 Å². The highest BCUT2D eigenvalue weighted by Crippen LogP contribution is 2.25. The number of halogens is 2. The molecule has 2 rings (SSSR count). The molecule has 0 spiro atoms. The maximum Gasteiger partial charge on any atom is 0.242 e. The number of benzene rings is 2. The summed E-state index contributed by atoms with van der Waals surface area (Å²) in [5, 5.41) is 4.12. The first-order valence-electron chi connectivity index (χ1n) is 10.5. The van der Waals surface area contributed by atoms with Crippen LogP contribution in [0.1, 0.15) is 43.4 Å². The quantitative estimate of drug-likeness (QED) is 0.409. The largest absolute Gasteiger partial charge is 0.354 e. The van der Waals surface area contributed by atoms with Crippen LogP contribution in [0.15, 0.2) is 42.5 Å². The summed E-state index contributed by atoms with van der Waals surface area (Å²) in [6.07, 6.45) is 1.92. The van der Waals surface area contributed by atoms with Gasteiger partial charge in [-0.05, 0) is 49.1 Å². The molecule has 168 valence electrons. The van der Waals surface area contributed by atoms with Gasteiger partial charge >= 0.3 is 0 Å². The molecule has 0 radical (unpaired) electrons. The number of rotatable bonds is 11. The van der Waals surface area contributed by atoms with E-state index in [1.54, 1.807) is 24.0 Å². The minimum atomic E-state index is -0.552. The molecule has 0 fully saturated rings. The zero-order valence-electron chi connectivity index (χ0n) is 18.3. The van der Waals surface area contributed by atoms with Gasteiger partial charge in [-0.2, -0.15) is 0 Å². The smallest absolute Gasteiger partial charge is 0.242 e. The molecule has 31 heavy (non-hydrogen) atoms. The molecule has 1 N–H and O–H groups in total. The van der Waals surface area contributed by atoms with Gasteiger partial charge in [-0.25, -0.2) is 0 Å². The van der Waals surface area contributed by atoms with E-state index in [0.717, 1.165) is 29.5 Å². The van der Waals surface area contributed by atoms with Gasteiger partial charge in [0.1, 0.15) is 6.04 Å². The number of amides is 2. The first kappa shape index (κ1) is 25.6. The Hall–Kier alpha value is -1.69. The number of carbonyl (C=O) groups excluding carboxylic acids is 2. The number of hydrogen-bond acceptors (Lipinski definition) is 3. The van der Waals surface area contributed by atoms with Crippen molar-refractivity contribution in [2.75, 3.05) is 12.3 Å². The zero-order valence-corrected chi connectivity index (χ0v) is 20.6. The molecule has 0 aliphatic heterocycles. The number of thioether (sulfide) groups is 1. The van der Waals surface area contributed by atoms with E-state index in [1.807, 2.05) is 37.3 Å². The van der Waals surface area contributed by atoms with Crippen LogP contribution >= 0.6 is 35.0 Å². The second-order valence-electron chi connectivity index (χ2n) is 7.50. The van der Waals surface area contributed by atoms with Gasteiger partial charge < -0.3 is 10.2 Å². The van der Waals surface area contributed by atoms with Crippen molar-refractivity contribution in [1.82, 2.24) is 10.2 Å². The Labute approximate surface area is 199 Å². The maximum atomic E-state index is 13.1. The lowest BCUT2D eigenvalue weighted by atomic mass is 10.1. The van der Waals surface area contributed by atoms with Gasteiger partial charge in [0.05, 0.1) is 5.75 Å². The fraction of sp³-hybridized carbons (Fsp3) is 0.417. The lowest BCUT2D eigenvalue weighted by molar-refractivity contribution is -0.138. The molecule has 0 heterocycles. The molecular weight excluding hydrogens is 451 g/mol. The van der Waals surface area contributed by atoms with E-state index in [4.69, 9.17) is 23.2 Å². The lowest BCUT2D eigenvalue weighted by Gasteiger charge is -2.29. The Morgan fingerprint density at radius 2 is 1.87 bits per heavy atom. The van der Waals surface area contributed by atoms with Gasteiger partial charge in [-0.3, -0.25) is 9.59 Å². The molecule has 4 nitrogen and oxygen atoms in total. The van der Waals surface area contributed by atoms with E-state index >= 15 is 0 Å². The average Bonchev–Trinajstić information content (AvgIpc) is 2.74. The molecule has 1 atom stereocenters. The molecule has 7 heteroatoms. The van der Waals surface area contributed by atoms with Gasteiger partial charge in [0, 0.05) is 28.9 Å². The molecule has 2 amide bonds. The van der Waals surface area contributed by atoms with Gasteiger partial charge in [-0.15, -0.1) is 11.8 Å². The molecular formula is C24H30Cl2N2O2S. The van der Waals surface area contributed by atoms with E-state index in [2.05, 4.69) is 12.2 Å². The third-order valence-corrected chi connectivity index (χ3v) is 6.65. The first-order valence-corrected chi connectivity index (χ1v) is 12.4. The van der Waals surface area contributed by atoms with Crippen molar-refractivity contribution < 1.29 is 9.59 Å². The Balaban J connectivity index is 2.07. The van der Waals surface area contributed by atoms with Gasteiger partial charge in [0.2, 0.25) is 11.8 Å². The first-order chi connectivity index (χ1) is 14.8. The minimum Gasteiger partial charge on any atom is -0.354 e. The summed E-state index contributed by atoms with van der Waals surface area (Å²) in [6.45, 7) is 6.90. The van der Waals surface area contributed by atoms with Crippen LogP contribution in [0.2, 0.25) is 10.0 Å². The fourth-order valence-electron chi connectivity index (χ4n) is 3.06. The lowest BCUT2D eigenvalue weighted by Crippen LogP contribution is -2.48. The van der Waals surface area contributed by atoms with Gasteiger partial charge in [0.15, 0.2) is 0 Å². The SMILES string of the molecule is CCCCNC(=O)[C@H](C)N(Cc1ccccc1C)C(=O)CSCc1ccc(Cl)cc1Cl. The molecule has 0 aliphatic rings. The standard InChI is InChI=1S/C24H30Cl2N2O2S/c1-4-5-12-27-24(30)18(3)28(14-19-9-7-6-8-17(19)2)23(29)16-31-15-20-10-11-21(25)13-22(20)26/h6-11,13,18H,4-5,12,14-16H2,1-3H3,(H,27,30)/t18-/m0/s1. The number of carbonyl (C=O) groups is 2. The van der Waals surface area contributed by atoms with Crippen molar-refractivity contribution in [2.24, 2.45) is 0 Å². The number of unbranched alkanes of at least 4 members (excludes halogenated alkanes) is 1. The number of aryl methyl sites for hydroxylation is 1. The van der Waals surface area contributed by atoms with Crippen LogP contribution in [-0.4, -0.2) is 35.1 Å². The average molecular weight is 481 g/mol. The van der Waals surface area contributed by atoms with E-state index in [9.17, 15) is 9.59 Å². The highest BCUT2D eigenvalue weighted by atomic mass is 35.5. The van der Waals surface area contributed by atoms with Crippen LogP contribution in [0.25, 0.3) is 0 Å². The van der Waals surface area contributed by atoms with Crippen molar-refractivity contribution in [1.29, 1.82) is 0 Å². The molecule has 2 aromatic rings. The predicted octanol–water partition coefficient (Wildman–Crippen LogP) is 5.87. The fourth-order valence-corrected chi connectivity index (χ4v) is 4.53. The summed E-state index contributed by atoms with van der Waals surface area (Å²) in [7, 11) is 0. The molecule has 0 saturated carbocycles. The van der Waals surface area contributed by atoms with Crippen LogP contribution in [0.3, 0.4) is 0 Å². The van der Waals surface area contributed by atoms with Crippen LogP contribution in [0, 0.1) is 6.92 Å². The Bertz CT molecular complexity index is 892.